The fourth-order valence-corrected chi connectivity index (χ4v) is 7.04. The molecule has 8 heteroatoms. The van der Waals surface area contributed by atoms with Gasteiger partial charge in [-0.25, -0.2) is 4.98 Å². The molecule has 3 fully saturated rings. The molecule has 1 aromatic carbocycles. The number of carbonyl (C=O) groups excluding carboxylic acids is 2. The van der Waals surface area contributed by atoms with Crippen molar-refractivity contribution in [2.24, 2.45) is 0 Å². The average Bonchev–Trinajstić information content (AvgIpc) is 3.52. The summed E-state index contributed by atoms with van der Waals surface area (Å²) in [5.74, 6) is 1.75. The lowest BCUT2D eigenvalue weighted by Gasteiger charge is -2.40. The van der Waals surface area contributed by atoms with Gasteiger partial charge in [-0.05, 0) is 82.2 Å². The van der Waals surface area contributed by atoms with Crippen LogP contribution in [0.25, 0.3) is 0 Å². The lowest BCUT2D eigenvalue weighted by atomic mass is 9.87. The van der Waals surface area contributed by atoms with Crippen LogP contribution in [-0.2, 0) is 6.42 Å². The summed E-state index contributed by atoms with van der Waals surface area (Å²) in [5, 5.41) is 10.0. The molecule has 4 aliphatic heterocycles. The van der Waals surface area contributed by atoms with E-state index < -0.39 is 0 Å². The van der Waals surface area contributed by atoms with Crippen molar-refractivity contribution in [1.82, 2.24) is 20.9 Å². The molecule has 38 heavy (non-hydrogen) atoms. The molecule has 3 atom stereocenters. The Morgan fingerprint density at radius 2 is 1.97 bits per heavy atom. The molecule has 3 N–H and O–H groups in total. The standard InChI is InChI=1S/C30H39N5O3/c1-3-30(12-4-13-31-18-30)34-28(36)21-6-10-26(32-17-21)35-23-7-8-24(35)16-22(15-23)33-29(37)25-9-5-20-11-14-38-27(20)19(25)2/h5-6,9-10,17,22-24,31H,3-4,7-8,11-16,18H2,1-2H3,(H,33,37)(H,34,36)/t22?,23?,24?,30-/m0/s1. The monoisotopic (exact) mass is 517 g/mol. The van der Waals surface area contributed by atoms with E-state index in [2.05, 4.69) is 27.8 Å². The van der Waals surface area contributed by atoms with Crippen LogP contribution in [-0.4, -0.2) is 60.2 Å². The van der Waals surface area contributed by atoms with Crippen LogP contribution in [0.3, 0.4) is 0 Å². The molecule has 2 amide bonds. The van der Waals surface area contributed by atoms with Gasteiger partial charge >= 0.3 is 0 Å². The lowest BCUT2D eigenvalue weighted by molar-refractivity contribution is 0.0873. The summed E-state index contributed by atoms with van der Waals surface area (Å²) in [6, 6.07) is 8.69. The minimum Gasteiger partial charge on any atom is -0.493 e. The van der Waals surface area contributed by atoms with Crippen molar-refractivity contribution in [1.29, 1.82) is 0 Å². The molecule has 3 saturated heterocycles. The molecule has 202 valence electrons. The van der Waals surface area contributed by atoms with Crippen LogP contribution in [0, 0.1) is 6.92 Å². The first-order valence-corrected chi connectivity index (χ1v) is 14.3. The van der Waals surface area contributed by atoms with E-state index in [4.69, 9.17) is 9.72 Å². The predicted molar refractivity (Wildman–Crippen MR) is 147 cm³/mol. The van der Waals surface area contributed by atoms with Gasteiger partial charge in [-0.3, -0.25) is 9.59 Å². The van der Waals surface area contributed by atoms with Gasteiger partial charge in [0, 0.05) is 48.4 Å². The first kappa shape index (κ1) is 25.2. The van der Waals surface area contributed by atoms with Crippen LogP contribution in [0.1, 0.15) is 83.7 Å². The number of pyridine rings is 1. The number of amides is 2. The summed E-state index contributed by atoms with van der Waals surface area (Å²) in [4.78, 5) is 33.3. The highest BCUT2D eigenvalue weighted by molar-refractivity contribution is 5.97. The van der Waals surface area contributed by atoms with Crippen molar-refractivity contribution in [2.45, 2.75) is 88.9 Å². The summed E-state index contributed by atoms with van der Waals surface area (Å²) in [7, 11) is 0. The highest BCUT2D eigenvalue weighted by atomic mass is 16.5. The van der Waals surface area contributed by atoms with Crippen LogP contribution in [0.2, 0.25) is 0 Å². The van der Waals surface area contributed by atoms with E-state index >= 15 is 0 Å². The molecule has 8 nitrogen and oxygen atoms in total. The quantitative estimate of drug-likeness (QED) is 0.543. The van der Waals surface area contributed by atoms with E-state index in [1.54, 1.807) is 6.20 Å². The summed E-state index contributed by atoms with van der Waals surface area (Å²) in [6.07, 6.45) is 9.61. The van der Waals surface area contributed by atoms with Crippen molar-refractivity contribution in [3.63, 3.8) is 0 Å². The Hall–Kier alpha value is -3.13. The van der Waals surface area contributed by atoms with Gasteiger partial charge in [-0.15, -0.1) is 0 Å². The minimum absolute atomic E-state index is 0.00911. The number of piperidine rings is 2. The zero-order valence-corrected chi connectivity index (χ0v) is 22.5. The Bertz CT molecular complexity index is 1190. The lowest BCUT2D eigenvalue weighted by Crippen LogP contribution is -2.57. The summed E-state index contributed by atoms with van der Waals surface area (Å²) >= 11 is 0. The molecule has 1 aromatic heterocycles. The molecular weight excluding hydrogens is 478 g/mol. The van der Waals surface area contributed by atoms with Crippen molar-refractivity contribution >= 4 is 17.6 Å². The Labute approximate surface area is 224 Å². The average molecular weight is 518 g/mol. The number of nitrogens with zero attached hydrogens (tertiary/aromatic N) is 2. The van der Waals surface area contributed by atoms with E-state index in [0.29, 0.717) is 29.8 Å². The van der Waals surface area contributed by atoms with Crippen molar-refractivity contribution in [2.75, 3.05) is 24.6 Å². The number of rotatable bonds is 6. The number of aromatic nitrogens is 1. The Morgan fingerprint density at radius 1 is 1.16 bits per heavy atom. The van der Waals surface area contributed by atoms with E-state index in [-0.39, 0.29) is 23.4 Å². The molecule has 2 aromatic rings. The highest BCUT2D eigenvalue weighted by Crippen LogP contribution is 2.39. The SMILES string of the molecule is CC[C@]1(NC(=O)c2ccc(N3C4CCC3CC(NC(=O)c3ccc5c(c3C)OCC5)C4)nc2)CCCNC1. The number of hydrogen-bond acceptors (Lipinski definition) is 6. The van der Waals surface area contributed by atoms with Crippen LogP contribution in [0.5, 0.6) is 5.75 Å². The molecule has 0 spiro atoms. The molecule has 4 aliphatic rings. The second-order valence-corrected chi connectivity index (χ2v) is 11.5. The molecule has 5 heterocycles. The van der Waals surface area contributed by atoms with Crippen LogP contribution < -0.4 is 25.6 Å². The van der Waals surface area contributed by atoms with Crippen LogP contribution >= 0.6 is 0 Å². The fourth-order valence-electron chi connectivity index (χ4n) is 7.04. The second kappa shape index (κ2) is 10.2. The molecule has 2 unspecified atom stereocenters. The fraction of sp³-hybridized carbons (Fsp3) is 0.567. The van der Waals surface area contributed by atoms with E-state index in [9.17, 15) is 9.59 Å². The van der Waals surface area contributed by atoms with Gasteiger partial charge in [0.05, 0.1) is 17.7 Å². The van der Waals surface area contributed by atoms with Gasteiger partial charge in [-0.2, -0.15) is 0 Å². The van der Waals surface area contributed by atoms with E-state index in [1.807, 2.05) is 31.2 Å². The topological polar surface area (TPSA) is 95.6 Å². The first-order valence-electron chi connectivity index (χ1n) is 14.3. The highest BCUT2D eigenvalue weighted by Gasteiger charge is 2.42. The molecule has 2 bridgehead atoms. The third kappa shape index (κ3) is 4.64. The summed E-state index contributed by atoms with van der Waals surface area (Å²) in [5.41, 5.74) is 3.28. The zero-order valence-electron chi connectivity index (χ0n) is 22.5. The maximum Gasteiger partial charge on any atom is 0.253 e. The number of nitrogens with one attached hydrogen (secondary N) is 3. The smallest absolute Gasteiger partial charge is 0.253 e. The predicted octanol–water partition coefficient (Wildman–Crippen LogP) is 3.52. The largest absolute Gasteiger partial charge is 0.493 e. The number of hydrogen-bond donors (Lipinski definition) is 3. The Morgan fingerprint density at radius 3 is 2.66 bits per heavy atom. The van der Waals surface area contributed by atoms with Crippen molar-refractivity contribution in [3.8, 4) is 5.75 Å². The number of benzene rings is 1. The number of anilines is 1. The maximum absolute atomic E-state index is 13.2. The van der Waals surface area contributed by atoms with Gasteiger partial charge in [-0.1, -0.05) is 13.0 Å². The second-order valence-electron chi connectivity index (χ2n) is 11.5. The summed E-state index contributed by atoms with van der Waals surface area (Å²) in [6.45, 7) is 6.64. The molecule has 0 radical (unpaired) electrons. The molecule has 0 aliphatic carbocycles. The number of carbonyl (C=O) groups is 2. The summed E-state index contributed by atoms with van der Waals surface area (Å²) < 4.78 is 5.77. The third-order valence-corrected chi connectivity index (χ3v) is 9.22. The third-order valence-electron chi connectivity index (χ3n) is 9.22. The van der Waals surface area contributed by atoms with Gasteiger partial charge < -0.3 is 25.6 Å². The molecule has 0 saturated carbocycles. The Balaban J connectivity index is 1.09. The van der Waals surface area contributed by atoms with Crippen molar-refractivity contribution < 1.29 is 14.3 Å². The van der Waals surface area contributed by atoms with Crippen LogP contribution in [0.4, 0.5) is 5.82 Å². The van der Waals surface area contributed by atoms with Gasteiger partial charge in [0.15, 0.2) is 0 Å². The van der Waals surface area contributed by atoms with Crippen LogP contribution in [0.15, 0.2) is 30.5 Å². The normalized spacial score (nSPS) is 27.9. The minimum atomic E-state index is -0.176. The zero-order chi connectivity index (χ0) is 26.3. The number of fused-ring (bicyclic) bond motifs is 3. The van der Waals surface area contributed by atoms with Gasteiger partial charge in [0.1, 0.15) is 11.6 Å². The van der Waals surface area contributed by atoms with Gasteiger partial charge in [0.25, 0.3) is 11.8 Å². The first-order chi connectivity index (χ1) is 18.5. The van der Waals surface area contributed by atoms with E-state index in [0.717, 1.165) is 81.6 Å². The van der Waals surface area contributed by atoms with E-state index in [1.165, 1.54) is 5.56 Å². The molecular formula is C30H39N5O3. The Kier molecular flexibility index (Phi) is 6.76. The van der Waals surface area contributed by atoms with Gasteiger partial charge in [0.2, 0.25) is 0 Å². The molecule has 6 rings (SSSR count). The maximum atomic E-state index is 13.2. The number of ether oxygens (including phenoxy) is 1. The van der Waals surface area contributed by atoms with Crippen molar-refractivity contribution in [3.05, 3.63) is 52.7 Å².